The van der Waals surface area contributed by atoms with Gasteiger partial charge in [0, 0.05) is 44.1 Å². The van der Waals surface area contributed by atoms with Gasteiger partial charge < -0.3 is 10.2 Å². The van der Waals surface area contributed by atoms with Crippen LogP contribution in [-0.4, -0.2) is 48.6 Å². The third-order valence-corrected chi connectivity index (χ3v) is 6.06. The highest BCUT2D eigenvalue weighted by Crippen LogP contribution is 2.24. The fourth-order valence-electron chi connectivity index (χ4n) is 3.58. The predicted octanol–water partition coefficient (Wildman–Crippen LogP) is 3.08. The maximum Gasteiger partial charge on any atom is 0.317 e. The molecule has 0 radical (unpaired) electrons. The zero-order chi connectivity index (χ0) is 15.4. The monoisotopic (exact) mass is 321 g/mol. The lowest BCUT2D eigenvalue weighted by Gasteiger charge is -2.32. The quantitative estimate of drug-likeness (QED) is 0.925. The third-order valence-electron chi connectivity index (χ3n) is 5.03. The van der Waals surface area contributed by atoms with E-state index in [0.29, 0.717) is 6.04 Å². The zero-order valence-corrected chi connectivity index (χ0v) is 14.3. The van der Waals surface area contributed by atoms with Gasteiger partial charge in [0.25, 0.3) is 0 Å². The minimum atomic E-state index is 0.0973. The van der Waals surface area contributed by atoms with Crippen LogP contribution < -0.4 is 5.32 Å². The Labute approximate surface area is 137 Å². The molecule has 3 rings (SSSR count). The molecule has 1 saturated carbocycles. The molecular formula is C17H27N3OS. The van der Waals surface area contributed by atoms with Crippen LogP contribution in [-0.2, 0) is 13.0 Å². The molecule has 1 N–H and O–H groups in total. The molecule has 1 aliphatic carbocycles. The zero-order valence-electron chi connectivity index (χ0n) is 13.5. The minimum absolute atomic E-state index is 0.0973. The first kappa shape index (κ1) is 15.8. The molecule has 122 valence electrons. The molecule has 1 fully saturated rings. The summed E-state index contributed by atoms with van der Waals surface area (Å²) in [5, 5.41) is 5.28. The van der Waals surface area contributed by atoms with Crippen LogP contribution in [0.15, 0.2) is 11.4 Å². The predicted molar refractivity (Wildman–Crippen MR) is 91.3 cm³/mol. The molecule has 0 unspecified atom stereocenters. The third kappa shape index (κ3) is 3.82. The second-order valence-electron chi connectivity index (χ2n) is 6.53. The van der Waals surface area contributed by atoms with E-state index < -0.39 is 0 Å². The Morgan fingerprint density at radius 3 is 3.05 bits per heavy atom. The summed E-state index contributed by atoms with van der Waals surface area (Å²) >= 11 is 1.87. The van der Waals surface area contributed by atoms with Gasteiger partial charge in [0.2, 0.25) is 0 Å². The maximum atomic E-state index is 12.2. The smallest absolute Gasteiger partial charge is 0.317 e. The normalized spacial score (nSPS) is 19.7. The summed E-state index contributed by atoms with van der Waals surface area (Å²) in [6.07, 6.45) is 7.33. The largest absolute Gasteiger partial charge is 0.337 e. The van der Waals surface area contributed by atoms with Gasteiger partial charge in [-0.2, -0.15) is 0 Å². The van der Waals surface area contributed by atoms with Crippen LogP contribution in [0.3, 0.4) is 0 Å². The molecule has 0 bridgehead atoms. The second kappa shape index (κ2) is 7.47. The molecule has 2 heterocycles. The van der Waals surface area contributed by atoms with Gasteiger partial charge in [-0.25, -0.2) is 4.79 Å². The lowest BCUT2D eigenvalue weighted by Crippen LogP contribution is -2.46. The summed E-state index contributed by atoms with van der Waals surface area (Å²) in [5.41, 5.74) is 1.47. The number of fused-ring (bicyclic) bond motifs is 1. The molecule has 2 amide bonds. The van der Waals surface area contributed by atoms with E-state index in [4.69, 9.17) is 0 Å². The Morgan fingerprint density at radius 1 is 1.41 bits per heavy atom. The summed E-state index contributed by atoms with van der Waals surface area (Å²) in [7, 11) is 1.95. The maximum absolute atomic E-state index is 12.2. The van der Waals surface area contributed by atoms with Crippen molar-refractivity contribution in [1.82, 2.24) is 15.1 Å². The Morgan fingerprint density at radius 2 is 2.23 bits per heavy atom. The number of urea groups is 1. The first-order valence-electron chi connectivity index (χ1n) is 8.52. The molecule has 22 heavy (non-hydrogen) atoms. The first-order valence-corrected chi connectivity index (χ1v) is 9.40. The SMILES string of the molecule is CN(C(=O)NCCN1CCc2sccc2C1)C1CCCCC1. The molecule has 0 spiro atoms. The van der Waals surface area contributed by atoms with E-state index in [0.717, 1.165) is 45.4 Å². The van der Waals surface area contributed by atoms with Gasteiger partial charge in [0.15, 0.2) is 0 Å². The topological polar surface area (TPSA) is 35.6 Å². The average molecular weight is 321 g/mol. The standard InChI is InChI=1S/C17H27N3OS/c1-19(15-5-3-2-4-6-15)17(21)18-9-11-20-10-7-16-14(13-20)8-12-22-16/h8,12,15H,2-7,9-11,13H2,1H3,(H,18,21). The molecule has 2 aliphatic rings. The van der Waals surface area contributed by atoms with Gasteiger partial charge in [-0.15, -0.1) is 11.3 Å². The van der Waals surface area contributed by atoms with Crippen LogP contribution in [0.5, 0.6) is 0 Å². The average Bonchev–Trinajstić information content (AvgIpc) is 3.02. The fourth-order valence-corrected chi connectivity index (χ4v) is 4.47. The van der Waals surface area contributed by atoms with E-state index in [9.17, 15) is 4.79 Å². The number of rotatable bonds is 4. The van der Waals surface area contributed by atoms with Crippen molar-refractivity contribution >= 4 is 17.4 Å². The van der Waals surface area contributed by atoms with Crippen LogP contribution in [0.1, 0.15) is 42.5 Å². The highest BCUT2D eigenvalue weighted by molar-refractivity contribution is 7.10. The molecule has 0 aromatic carbocycles. The van der Waals surface area contributed by atoms with E-state index in [2.05, 4.69) is 21.7 Å². The van der Waals surface area contributed by atoms with E-state index in [-0.39, 0.29) is 6.03 Å². The molecule has 5 heteroatoms. The number of carbonyl (C=O) groups excluding carboxylic acids is 1. The Kier molecular flexibility index (Phi) is 5.37. The Hall–Kier alpha value is -1.07. The molecule has 1 aliphatic heterocycles. The summed E-state index contributed by atoms with van der Waals surface area (Å²) in [6.45, 7) is 3.84. The number of thiophene rings is 1. The Balaban J connectivity index is 1.38. The lowest BCUT2D eigenvalue weighted by molar-refractivity contribution is 0.171. The van der Waals surface area contributed by atoms with Crippen molar-refractivity contribution in [3.63, 3.8) is 0 Å². The number of amides is 2. The molecule has 1 aromatic heterocycles. The minimum Gasteiger partial charge on any atom is -0.337 e. The second-order valence-corrected chi connectivity index (χ2v) is 7.53. The number of carbonyl (C=O) groups is 1. The molecule has 0 saturated heterocycles. The van der Waals surface area contributed by atoms with E-state index in [1.54, 1.807) is 0 Å². The van der Waals surface area contributed by atoms with E-state index >= 15 is 0 Å². The lowest BCUT2D eigenvalue weighted by atomic mass is 9.95. The van der Waals surface area contributed by atoms with Crippen molar-refractivity contribution in [1.29, 1.82) is 0 Å². The van der Waals surface area contributed by atoms with E-state index in [1.165, 1.54) is 29.7 Å². The number of nitrogens with one attached hydrogen (secondary N) is 1. The van der Waals surface area contributed by atoms with Crippen LogP contribution >= 0.6 is 11.3 Å². The summed E-state index contributed by atoms with van der Waals surface area (Å²) in [4.78, 5) is 18.1. The Bertz CT molecular complexity index is 496. The van der Waals surface area contributed by atoms with E-state index in [1.807, 2.05) is 23.3 Å². The van der Waals surface area contributed by atoms with Gasteiger partial charge >= 0.3 is 6.03 Å². The van der Waals surface area contributed by atoms with Gasteiger partial charge in [0.05, 0.1) is 0 Å². The van der Waals surface area contributed by atoms with Crippen LogP contribution in [0.2, 0.25) is 0 Å². The number of hydrogen-bond donors (Lipinski definition) is 1. The van der Waals surface area contributed by atoms with Gasteiger partial charge in [-0.3, -0.25) is 4.90 Å². The highest BCUT2D eigenvalue weighted by Gasteiger charge is 2.22. The highest BCUT2D eigenvalue weighted by atomic mass is 32.1. The van der Waals surface area contributed by atoms with Crippen molar-refractivity contribution in [2.45, 2.75) is 51.1 Å². The number of nitrogens with zero attached hydrogens (tertiary/aromatic N) is 2. The van der Waals surface area contributed by atoms with Crippen molar-refractivity contribution in [2.75, 3.05) is 26.7 Å². The van der Waals surface area contributed by atoms with Crippen molar-refractivity contribution in [2.24, 2.45) is 0 Å². The molecule has 0 atom stereocenters. The van der Waals surface area contributed by atoms with Crippen LogP contribution in [0.25, 0.3) is 0 Å². The summed E-state index contributed by atoms with van der Waals surface area (Å²) in [6, 6.07) is 2.78. The van der Waals surface area contributed by atoms with Crippen LogP contribution in [0, 0.1) is 0 Å². The molecular weight excluding hydrogens is 294 g/mol. The molecule has 1 aromatic rings. The summed E-state index contributed by atoms with van der Waals surface area (Å²) < 4.78 is 0. The van der Waals surface area contributed by atoms with Gasteiger partial charge in [0.1, 0.15) is 0 Å². The van der Waals surface area contributed by atoms with Crippen molar-refractivity contribution < 1.29 is 4.79 Å². The van der Waals surface area contributed by atoms with Gasteiger partial charge in [-0.1, -0.05) is 19.3 Å². The fraction of sp³-hybridized carbons (Fsp3) is 0.706. The van der Waals surface area contributed by atoms with Gasteiger partial charge in [-0.05, 0) is 36.3 Å². The number of hydrogen-bond acceptors (Lipinski definition) is 3. The van der Waals surface area contributed by atoms with Crippen molar-refractivity contribution in [3.8, 4) is 0 Å². The first-order chi connectivity index (χ1) is 10.7. The van der Waals surface area contributed by atoms with Crippen molar-refractivity contribution in [3.05, 3.63) is 21.9 Å². The summed E-state index contributed by atoms with van der Waals surface area (Å²) in [5.74, 6) is 0. The molecule has 4 nitrogen and oxygen atoms in total. The van der Waals surface area contributed by atoms with Crippen LogP contribution in [0.4, 0.5) is 4.79 Å².